The number of hydrogen-bond acceptors (Lipinski definition) is 4. The quantitative estimate of drug-likeness (QED) is 0.651. The predicted molar refractivity (Wildman–Crippen MR) is 56.9 cm³/mol. The van der Waals surface area contributed by atoms with Crippen LogP contribution in [0.1, 0.15) is 0 Å². The van der Waals surface area contributed by atoms with E-state index in [-0.39, 0.29) is 0 Å². The van der Waals surface area contributed by atoms with Crippen LogP contribution in [0.25, 0.3) is 17.3 Å². The Hall–Kier alpha value is -2.43. The van der Waals surface area contributed by atoms with Gasteiger partial charge in [-0.2, -0.15) is 4.68 Å². The highest BCUT2D eigenvalue weighted by Crippen LogP contribution is 2.18. The number of tetrazole rings is 1. The van der Waals surface area contributed by atoms with Crippen molar-refractivity contribution in [1.29, 1.82) is 0 Å². The molecular formula is C11H8N4O. The molecule has 0 amide bonds. The van der Waals surface area contributed by atoms with E-state index in [2.05, 4.69) is 15.5 Å². The molecule has 16 heavy (non-hydrogen) atoms. The number of aromatic nitrogens is 4. The summed E-state index contributed by atoms with van der Waals surface area (Å²) in [6.45, 7) is 0. The maximum atomic E-state index is 5.28. The normalized spacial score (nSPS) is 10.5. The molecule has 0 aliphatic carbocycles. The highest BCUT2D eigenvalue weighted by atomic mass is 16.3. The minimum absolute atomic E-state index is 0.594. The largest absolute Gasteiger partial charge is 0.461 e. The van der Waals surface area contributed by atoms with E-state index in [0.717, 1.165) is 5.69 Å². The number of hydrogen-bond donors (Lipinski definition) is 0. The van der Waals surface area contributed by atoms with Crippen LogP contribution < -0.4 is 0 Å². The van der Waals surface area contributed by atoms with Gasteiger partial charge in [0.15, 0.2) is 5.76 Å². The maximum Gasteiger partial charge on any atom is 0.222 e. The molecule has 2 heterocycles. The Morgan fingerprint density at radius 2 is 1.88 bits per heavy atom. The van der Waals surface area contributed by atoms with Crippen molar-refractivity contribution in [2.75, 3.05) is 0 Å². The summed E-state index contributed by atoms with van der Waals surface area (Å²) in [4.78, 5) is 0. The molecule has 0 aliphatic rings. The molecule has 0 fully saturated rings. The topological polar surface area (TPSA) is 56.7 Å². The minimum atomic E-state index is 0.594. The van der Waals surface area contributed by atoms with Crippen LogP contribution in [-0.2, 0) is 0 Å². The predicted octanol–water partition coefficient (Wildman–Crippen LogP) is 1.92. The van der Waals surface area contributed by atoms with E-state index in [4.69, 9.17) is 4.42 Å². The van der Waals surface area contributed by atoms with Crippen LogP contribution in [0.5, 0.6) is 0 Å². The standard InChI is InChI=1S/C11H8N4O/c1-2-5-9(6-3-1)15-11(12-13-14-15)10-7-4-8-16-10/h1-8H. The highest BCUT2D eigenvalue weighted by molar-refractivity contribution is 5.49. The first kappa shape index (κ1) is 8.84. The van der Waals surface area contributed by atoms with Gasteiger partial charge in [-0.3, -0.25) is 0 Å². The molecule has 0 unspecified atom stereocenters. The van der Waals surface area contributed by atoms with E-state index >= 15 is 0 Å². The van der Waals surface area contributed by atoms with Crippen molar-refractivity contribution in [3.8, 4) is 17.3 Å². The van der Waals surface area contributed by atoms with Crippen LogP contribution in [0, 0.1) is 0 Å². The first-order valence-corrected chi connectivity index (χ1v) is 4.83. The SMILES string of the molecule is c1ccc(-n2nnnc2-c2ccco2)cc1. The van der Waals surface area contributed by atoms with Gasteiger partial charge in [0.1, 0.15) is 0 Å². The summed E-state index contributed by atoms with van der Waals surface area (Å²) in [5, 5.41) is 11.5. The van der Waals surface area contributed by atoms with E-state index in [9.17, 15) is 0 Å². The Kier molecular flexibility index (Phi) is 2.00. The van der Waals surface area contributed by atoms with E-state index in [1.807, 2.05) is 36.4 Å². The van der Waals surface area contributed by atoms with Gasteiger partial charge in [-0.05, 0) is 34.7 Å². The Bertz CT molecular complexity index is 571. The molecule has 0 radical (unpaired) electrons. The third-order valence-electron chi connectivity index (χ3n) is 2.21. The van der Waals surface area contributed by atoms with Crippen LogP contribution in [0.2, 0.25) is 0 Å². The summed E-state index contributed by atoms with van der Waals surface area (Å²) >= 11 is 0. The molecule has 0 spiro atoms. The summed E-state index contributed by atoms with van der Waals surface area (Å²) in [5.74, 6) is 1.24. The second kappa shape index (κ2) is 3.62. The molecule has 78 valence electrons. The molecule has 1 aromatic carbocycles. The molecule has 0 bridgehead atoms. The molecule has 0 atom stereocenters. The average molecular weight is 212 g/mol. The van der Waals surface area contributed by atoms with Crippen molar-refractivity contribution in [2.45, 2.75) is 0 Å². The number of benzene rings is 1. The van der Waals surface area contributed by atoms with Crippen LogP contribution in [0.4, 0.5) is 0 Å². The lowest BCUT2D eigenvalue weighted by atomic mass is 10.3. The zero-order chi connectivity index (χ0) is 10.8. The molecular weight excluding hydrogens is 204 g/mol. The van der Waals surface area contributed by atoms with Gasteiger partial charge in [0, 0.05) is 0 Å². The van der Waals surface area contributed by atoms with Crippen LogP contribution >= 0.6 is 0 Å². The molecule has 5 nitrogen and oxygen atoms in total. The number of nitrogens with zero attached hydrogens (tertiary/aromatic N) is 4. The smallest absolute Gasteiger partial charge is 0.222 e. The fraction of sp³-hybridized carbons (Fsp3) is 0. The van der Waals surface area contributed by atoms with Gasteiger partial charge < -0.3 is 4.42 Å². The lowest BCUT2D eigenvalue weighted by Gasteiger charge is -2.01. The summed E-state index contributed by atoms with van der Waals surface area (Å²) in [5.41, 5.74) is 0.902. The maximum absolute atomic E-state index is 5.28. The van der Waals surface area contributed by atoms with Crippen LogP contribution in [-0.4, -0.2) is 20.2 Å². The third kappa shape index (κ3) is 1.38. The van der Waals surface area contributed by atoms with Crippen molar-refractivity contribution >= 4 is 0 Å². The molecule has 3 aromatic rings. The van der Waals surface area contributed by atoms with Crippen molar-refractivity contribution in [1.82, 2.24) is 20.2 Å². The van der Waals surface area contributed by atoms with Gasteiger partial charge >= 0.3 is 0 Å². The van der Waals surface area contributed by atoms with E-state index in [0.29, 0.717) is 11.6 Å². The van der Waals surface area contributed by atoms with Crippen LogP contribution in [0.3, 0.4) is 0 Å². The summed E-state index contributed by atoms with van der Waals surface area (Å²) in [6, 6.07) is 13.3. The fourth-order valence-corrected chi connectivity index (χ4v) is 1.49. The van der Waals surface area contributed by atoms with Crippen molar-refractivity contribution in [2.24, 2.45) is 0 Å². The van der Waals surface area contributed by atoms with Crippen molar-refractivity contribution in [3.05, 3.63) is 48.7 Å². The molecule has 2 aromatic heterocycles. The average Bonchev–Trinajstić information content (AvgIpc) is 3.01. The van der Waals surface area contributed by atoms with E-state index in [1.165, 1.54) is 0 Å². The second-order valence-corrected chi connectivity index (χ2v) is 3.23. The van der Waals surface area contributed by atoms with E-state index in [1.54, 1.807) is 17.0 Å². The Morgan fingerprint density at radius 1 is 1.00 bits per heavy atom. The Labute approximate surface area is 91.3 Å². The fourth-order valence-electron chi connectivity index (χ4n) is 1.49. The highest BCUT2D eigenvalue weighted by Gasteiger charge is 2.12. The zero-order valence-electron chi connectivity index (χ0n) is 8.32. The van der Waals surface area contributed by atoms with Crippen molar-refractivity contribution in [3.63, 3.8) is 0 Å². The van der Waals surface area contributed by atoms with Gasteiger partial charge in [0.2, 0.25) is 5.82 Å². The summed E-state index contributed by atoms with van der Waals surface area (Å²) in [7, 11) is 0. The third-order valence-corrected chi connectivity index (χ3v) is 2.21. The lowest BCUT2D eigenvalue weighted by Crippen LogP contribution is -1.98. The molecule has 0 saturated carbocycles. The van der Waals surface area contributed by atoms with Gasteiger partial charge in [0.25, 0.3) is 0 Å². The number of furan rings is 1. The van der Waals surface area contributed by atoms with Gasteiger partial charge in [-0.15, -0.1) is 5.10 Å². The molecule has 5 heteroatoms. The Morgan fingerprint density at radius 3 is 2.62 bits per heavy atom. The molecule has 3 rings (SSSR count). The van der Waals surface area contributed by atoms with Crippen LogP contribution in [0.15, 0.2) is 53.1 Å². The number of para-hydroxylation sites is 1. The minimum Gasteiger partial charge on any atom is -0.461 e. The first-order valence-electron chi connectivity index (χ1n) is 4.83. The van der Waals surface area contributed by atoms with Gasteiger partial charge in [0.05, 0.1) is 12.0 Å². The monoisotopic (exact) mass is 212 g/mol. The number of rotatable bonds is 2. The van der Waals surface area contributed by atoms with Gasteiger partial charge in [-0.1, -0.05) is 18.2 Å². The Balaban J connectivity index is 2.14. The first-order chi connectivity index (χ1) is 7.95. The van der Waals surface area contributed by atoms with Crippen molar-refractivity contribution < 1.29 is 4.42 Å². The van der Waals surface area contributed by atoms with E-state index < -0.39 is 0 Å². The lowest BCUT2D eigenvalue weighted by molar-refractivity contribution is 0.574. The molecule has 0 N–H and O–H groups in total. The van der Waals surface area contributed by atoms with Gasteiger partial charge in [-0.25, -0.2) is 0 Å². The summed E-state index contributed by atoms with van der Waals surface area (Å²) < 4.78 is 6.91. The second-order valence-electron chi connectivity index (χ2n) is 3.23. The summed E-state index contributed by atoms with van der Waals surface area (Å²) in [6.07, 6.45) is 1.60. The zero-order valence-corrected chi connectivity index (χ0v) is 8.32. The molecule has 0 aliphatic heterocycles. The molecule has 0 saturated heterocycles.